The van der Waals surface area contributed by atoms with Crippen molar-refractivity contribution < 1.29 is 14.1 Å². The second kappa shape index (κ2) is 3.38. The van der Waals surface area contributed by atoms with Gasteiger partial charge in [-0.05, 0) is 18.8 Å². The van der Waals surface area contributed by atoms with Crippen molar-refractivity contribution in [3.05, 3.63) is 0 Å². The molecule has 0 aromatic heterocycles. The van der Waals surface area contributed by atoms with Gasteiger partial charge in [0.2, 0.25) is 0 Å². The van der Waals surface area contributed by atoms with Crippen molar-refractivity contribution in [2.24, 2.45) is 17.3 Å². The van der Waals surface area contributed by atoms with Gasteiger partial charge >= 0.3 is 5.97 Å². The van der Waals surface area contributed by atoms with Crippen molar-refractivity contribution in [2.75, 3.05) is 0 Å². The Bertz CT molecular complexity index is 247. The molecule has 0 aliphatic heterocycles. The summed E-state index contributed by atoms with van der Waals surface area (Å²) in [7, 11) is 1.96. The summed E-state index contributed by atoms with van der Waals surface area (Å²) in [6, 6.07) is 0. The van der Waals surface area contributed by atoms with Crippen molar-refractivity contribution in [1.29, 1.82) is 0 Å². The minimum Gasteiger partial charge on any atom is -0.451 e. The number of rotatable bonds is 2. The van der Waals surface area contributed by atoms with Gasteiger partial charge in [-0.25, -0.2) is 0 Å². The second-order valence-electron chi connectivity index (χ2n) is 4.21. The van der Waals surface area contributed by atoms with Gasteiger partial charge in [0.25, 0.3) is 0 Å². The van der Waals surface area contributed by atoms with E-state index >= 15 is 0 Å². The van der Waals surface area contributed by atoms with Gasteiger partial charge in [-0.15, -0.1) is 0 Å². The maximum absolute atomic E-state index is 11.2. The first-order valence-electron chi connectivity index (χ1n) is 4.32. The van der Waals surface area contributed by atoms with Crippen LogP contribution in [0.2, 0.25) is 0 Å². The topological polar surface area (TPSA) is 43.4 Å². The van der Waals surface area contributed by atoms with Crippen LogP contribution in [0.25, 0.3) is 0 Å². The van der Waals surface area contributed by atoms with Crippen molar-refractivity contribution in [1.82, 2.24) is 0 Å². The number of ketones is 1. The van der Waals surface area contributed by atoms with Gasteiger partial charge in [-0.3, -0.25) is 9.59 Å². The van der Waals surface area contributed by atoms with E-state index < -0.39 is 0 Å². The largest absolute Gasteiger partial charge is 0.451 e. The highest BCUT2D eigenvalue weighted by molar-refractivity contribution is 7.10. The predicted molar refractivity (Wildman–Crippen MR) is 51.9 cm³/mol. The minimum atomic E-state index is -0.237. The Hall–Kier alpha value is -0.430. The van der Waals surface area contributed by atoms with E-state index in [9.17, 15) is 9.59 Å². The fourth-order valence-corrected chi connectivity index (χ4v) is 2.26. The lowest BCUT2D eigenvalue weighted by atomic mass is 9.53. The van der Waals surface area contributed by atoms with E-state index in [1.807, 2.05) is 23.3 Å². The monoisotopic (exact) mass is 202 g/mol. The molecule has 1 saturated carbocycles. The molecule has 0 aromatic rings. The number of hydrogen-bond acceptors (Lipinski definition) is 3. The molecule has 1 rings (SSSR count). The van der Waals surface area contributed by atoms with Crippen LogP contribution in [0.3, 0.4) is 0 Å². The molecule has 0 bridgehead atoms. The molecule has 1 aliphatic rings. The molecule has 1 aliphatic carbocycles. The van der Waals surface area contributed by atoms with Crippen molar-refractivity contribution in [3.8, 4) is 0 Å². The van der Waals surface area contributed by atoms with E-state index in [0.29, 0.717) is 6.42 Å². The van der Waals surface area contributed by atoms with E-state index in [4.69, 9.17) is 0 Å². The molecule has 13 heavy (non-hydrogen) atoms. The Kier molecular flexibility index (Phi) is 2.76. The van der Waals surface area contributed by atoms with E-state index in [1.165, 1.54) is 0 Å². The van der Waals surface area contributed by atoms with Crippen molar-refractivity contribution >= 4 is 21.2 Å². The van der Waals surface area contributed by atoms with Gasteiger partial charge in [-0.1, -0.05) is 13.8 Å². The van der Waals surface area contributed by atoms with Gasteiger partial charge in [0.05, 0.1) is 15.4 Å². The van der Waals surface area contributed by atoms with Crippen LogP contribution in [0.5, 0.6) is 0 Å². The third-order valence-electron chi connectivity index (χ3n) is 3.16. The van der Waals surface area contributed by atoms with E-state index in [-0.39, 0.29) is 29.0 Å². The lowest BCUT2D eigenvalue weighted by molar-refractivity contribution is -0.158. The van der Waals surface area contributed by atoms with Crippen LogP contribution >= 0.6 is 9.47 Å². The average Bonchev–Trinajstić information content (AvgIpc) is 2.01. The van der Waals surface area contributed by atoms with Crippen LogP contribution < -0.4 is 0 Å². The Morgan fingerprint density at radius 2 is 1.92 bits per heavy atom. The molecule has 0 N–H and O–H groups in total. The molecular formula is C9H15O3P. The summed E-state index contributed by atoms with van der Waals surface area (Å²) in [4.78, 5) is 22.4. The van der Waals surface area contributed by atoms with Gasteiger partial charge in [0, 0.05) is 5.92 Å². The molecule has 0 aromatic carbocycles. The first kappa shape index (κ1) is 10.6. The number of carbonyl (C=O) groups is 2. The zero-order chi connectivity index (χ0) is 10.2. The zero-order valence-electron chi connectivity index (χ0n) is 8.16. The van der Waals surface area contributed by atoms with Crippen molar-refractivity contribution in [3.63, 3.8) is 0 Å². The Balaban J connectivity index is 2.69. The van der Waals surface area contributed by atoms with Gasteiger partial charge < -0.3 is 4.52 Å². The molecule has 74 valence electrons. The molecule has 0 heterocycles. The van der Waals surface area contributed by atoms with E-state index in [2.05, 4.69) is 4.52 Å². The highest BCUT2D eigenvalue weighted by Gasteiger charge is 2.54. The van der Waals surface area contributed by atoms with Gasteiger partial charge in [0.1, 0.15) is 5.78 Å². The summed E-state index contributed by atoms with van der Waals surface area (Å²) >= 11 is 0. The zero-order valence-corrected chi connectivity index (χ0v) is 9.32. The van der Waals surface area contributed by atoms with Crippen LogP contribution in [-0.2, 0) is 14.1 Å². The molecule has 3 atom stereocenters. The van der Waals surface area contributed by atoms with E-state index in [1.54, 1.807) is 6.92 Å². The quantitative estimate of drug-likeness (QED) is 0.638. The molecule has 0 amide bonds. The van der Waals surface area contributed by atoms with Crippen LogP contribution in [0, 0.1) is 17.3 Å². The highest BCUT2D eigenvalue weighted by Crippen LogP contribution is 2.52. The molecule has 4 heteroatoms. The maximum atomic E-state index is 11.2. The third kappa shape index (κ3) is 1.62. The van der Waals surface area contributed by atoms with Crippen LogP contribution in [0.4, 0.5) is 0 Å². The number of hydrogen-bond donors (Lipinski definition) is 0. The van der Waals surface area contributed by atoms with Crippen LogP contribution in [0.15, 0.2) is 0 Å². The first-order valence-corrected chi connectivity index (χ1v) is 4.79. The number of Topliss-reactive ketones (excluding diaryl/α,β-unsaturated/α-hetero) is 1. The molecule has 3 nitrogen and oxygen atoms in total. The van der Waals surface area contributed by atoms with Gasteiger partial charge in [-0.2, -0.15) is 0 Å². The fraction of sp³-hybridized carbons (Fsp3) is 0.778. The lowest BCUT2D eigenvalue weighted by Crippen LogP contribution is -2.51. The van der Waals surface area contributed by atoms with Crippen LogP contribution in [-0.4, -0.2) is 11.8 Å². The van der Waals surface area contributed by atoms with Crippen LogP contribution in [0.1, 0.15) is 27.2 Å². The lowest BCUT2D eigenvalue weighted by Gasteiger charge is -2.49. The molecule has 0 spiro atoms. The predicted octanol–water partition coefficient (Wildman–Crippen LogP) is 1.57. The summed E-state index contributed by atoms with van der Waals surface area (Å²) in [6.07, 6.45) is 0.634. The Labute approximate surface area is 80.5 Å². The number of carbonyl (C=O) groups excluding carboxylic acids is 2. The first-order chi connectivity index (χ1) is 5.91. The Morgan fingerprint density at radius 3 is 2.23 bits per heavy atom. The highest BCUT2D eigenvalue weighted by atomic mass is 31.0. The third-order valence-corrected chi connectivity index (χ3v) is 3.39. The normalized spacial score (nSPS) is 30.5. The molecule has 0 radical (unpaired) electrons. The minimum absolute atomic E-state index is 0.0154. The molecule has 1 fully saturated rings. The molecule has 1 unspecified atom stereocenters. The summed E-state index contributed by atoms with van der Waals surface area (Å²) in [6.45, 7) is 5.46. The molecular weight excluding hydrogens is 187 g/mol. The average molecular weight is 202 g/mol. The smallest absolute Gasteiger partial charge is 0.311 e. The van der Waals surface area contributed by atoms with Crippen molar-refractivity contribution in [2.45, 2.75) is 27.2 Å². The SMILES string of the molecule is CC(=O)[C@@H]1C[C@H](C(=O)OP)C1(C)C. The maximum Gasteiger partial charge on any atom is 0.311 e. The van der Waals surface area contributed by atoms with Gasteiger partial charge in [0.15, 0.2) is 0 Å². The molecule has 0 saturated heterocycles. The van der Waals surface area contributed by atoms with E-state index in [0.717, 1.165) is 0 Å². The summed E-state index contributed by atoms with van der Waals surface area (Å²) in [5, 5.41) is 0. The Morgan fingerprint density at radius 1 is 1.38 bits per heavy atom. The standard InChI is InChI=1S/C9H15O3P/c1-5(10)6-4-7(8(11)12-13)9(6,2)3/h6-7H,4,13H2,1-3H3/t6-,7+/m0/s1. The fourth-order valence-electron chi connectivity index (χ4n) is 2.10. The summed E-state index contributed by atoms with van der Waals surface area (Å²) in [5.41, 5.74) is -0.237. The second-order valence-corrected chi connectivity index (χ2v) is 4.45. The summed E-state index contributed by atoms with van der Waals surface area (Å²) in [5.74, 6) is -0.175. The summed E-state index contributed by atoms with van der Waals surface area (Å²) < 4.78 is 4.58.